The van der Waals surface area contributed by atoms with Crippen molar-refractivity contribution in [3.05, 3.63) is 24.3 Å². The Hall–Kier alpha value is -2.35. The Morgan fingerprint density at radius 1 is 0.538 bits per heavy atom. The van der Waals surface area contributed by atoms with Gasteiger partial charge in [-0.25, -0.2) is 4.79 Å². The largest absolute Gasteiger partial charge is 0.508 e. The van der Waals surface area contributed by atoms with Crippen molar-refractivity contribution < 1.29 is 33.3 Å². The first-order valence-corrected chi connectivity index (χ1v) is 21.3. The third kappa shape index (κ3) is 34.7. The van der Waals surface area contributed by atoms with Gasteiger partial charge >= 0.3 is 18.1 Å². The summed E-state index contributed by atoms with van der Waals surface area (Å²) >= 11 is 0. The van der Waals surface area contributed by atoms with Gasteiger partial charge in [0.05, 0.1) is 6.61 Å². The van der Waals surface area contributed by atoms with Gasteiger partial charge < -0.3 is 23.8 Å². The van der Waals surface area contributed by atoms with Crippen LogP contribution in [-0.4, -0.2) is 69.6 Å². The van der Waals surface area contributed by atoms with Gasteiger partial charge in [-0.15, -0.1) is 0 Å². The molecule has 0 aromatic rings. The number of carbonyl (C=O) groups is 3. The van der Waals surface area contributed by atoms with E-state index in [1.807, 2.05) is 12.2 Å². The first kappa shape index (κ1) is 49.6. The van der Waals surface area contributed by atoms with Gasteiger partial charge in [0.25, 0.3) is 0 Å². The summed E-state index contributed by atoms with van der Waals surface area (Å²) in [7, 11) is 4.11. The van der Waals surface area contributed by atoms with Crippen LogP contribution in [0.2, 0.25) is 0 Å². The lowest BCUT2D eigenvalue weighted by Gasteiger charge is -2.23. The van der Waals surface area contributed by atoms with E-state index in [-0.39, 0.29) is 24.0 Å². The van der Waals surface area contributed by atoms with Crippen LogP contribution in [0.25, 0.3) is 0 Å². The Kier molecular flexibility index (Phi) is 35.3. The summed E-state index contributed by atoms with van der Waals surface area (Å²) in [4.78, 5) is 38.9. The van der Waals surface area contributed by atoms with Crippen LogP contribution in [-0.2, 0) is 28.5 Å². The molecule has 0 radical (unpaired) electrons. The van der Waals surface area contributed by atoms with E-state index in [0.29, 0.717) is 38.6 Å². The van der Waals surface area contributed by atoms with E-state index in [1.165, 1.54) is 51.4 Å². The number of esters is 2. The quantitative estimate of drug-likeness (QED) is 0.0272. The normalized spacial score (nSPS) is 12.9. The number of carbonyl (C=O) groups excluding carboxylic acids is 3. The third-order valence-electron chi connectivity index (χ3n) is 9.63. The molecule has 52 heavy (non-hydrogen) atoms. The highest BCUT2D eigenvalue weighted by Crippen LogP contribution is 2.19. The maximum Gasteiger partial charge on any atom is 0.508 e. The molecule has 0 aliphatic carbocycles. The summed E-state index contributed by atoms with van der Waals surface area (Å²) in [5.74, 6) is 0.413. The molecule has 0 saturated heterocycles. The molecular weight excluding hydrogens is 654 g/mol. The molecule has 2 atom stereocenters. The van der Waals surface area contributed by atoms with Gasteiger partial charge in [0.15, 0.2) is 0 Å². The first-order valence-electron chi connectivity index (χ1n) is 21.3. The van der Waals surface area contributed by atoms with Crippen molar-refractivity contribution in [3.63, 3.8) is 0 Å². The van der Waals surface area contributed by atoms with E-state index >= 15 is 0 Å². The highest BCUT2D eigenvalue weighted by atomic mass is 16.7. The summed E-state index contributed by atoms with van der Waals surface area (Å²) in [6, 6.07) is 0. The monoisotopic (exact) mass is 736 g/mol. The van der Waals surface area contributed by atoms with Gasteiger partial charge in [0.1, 0.15) is 19.3 Å². The molecule has 0 N–H and O–H groups in total. The lowest BCUT2D eigenvalue weighted by atomic mass is 9.96. The minimum absolute atomic E-state index is 0.121. The molecule has 304 valence electrons. The second-order valence-corrected chi connectivity index (χ2v) is 15.1. The number of hydrogen-bond acceptors (Lipinski definition) is 8. The fraction of sp³-hybridized carbons (Fsp3) is 0.841. The van der Waals surface area contributed by atoms with Crippen molar-refractivity contribution in [2.24, 2.45) is 11.8 Å². The number of rotatable bonds is 36. The van der Waals surface area contributed by atoms with Crippen LogP contribution in [0.5, 0.6) is 0 Å². The SMILES string of the molecule is CCCCCC/C=C\COC(=O)CCCCCCCC(CCCCCCCC(=O)OC/C=C\CCCCCC)OC(=O)OCC(C)C(C)CN(C)C. The van der Waals surface area contributed by atoms with E-state index in [2.05, 4.69) is 58.8 Å². The Balaban J connectivity index is 4.36. The Morgan fingerprint density at radius 2 is 0.981 bits per heavy atom. The average Bonchev–Trinajstić information content (AvgIpc) is 3.11. The number of hydrogen-bond donors (Lipinski definition) is 0. The fourth-order valence-electron chi connectivity index (χ4n) is 6.07. The minimum atomic E-state index is -0.566. The zero-order chi connectivity index (χ0) is 38.5. The van der Waals surface area contributed by atoms with Crippen LogP contribution >= 0.6 is 0 Å². The van der Waals surface area contributed by atoms with Gasteiger partial charge in [-0.2, -0.15) is 0 Å². The molecule has 0 aliphatic heterocycles. The van der Waals surface area contributed by atoms with E-state index in [0.717, 1.165) is 96.4 Å². The second-order valence-electron chi connectivity index (χ2n) is 15.1. The van der Waals surface area contributed by atoms with Gasteiger partial charge in [-0.3, -0.25) is 9.59 Å². The Labute approximate surface area is 320 Å². The number of allylic oxidation sites excluding steroid dienone is 2. The molecule has 0 heterocycles. The van der Waals surface area contributed by atoms with Crippen LogP contribution in [0, 0.1) is 11.8 Å². The predicted octanol–water partition coefficient (Wildman–Crippen LogP) is 11.9. The predicted molar refractivity (Wildman–Crippen MR) is 215 cm³/mol. The van der Waals surface area contributed by atoms with Crippen molar-refractivity contribution in [2.75, 3.05) is 40.5 Å². The van der Waals surface area contributed by atoms with Crippen LogP contribution in [0.15, 0.2) is 24.3 Å². The molecule has 0 amide bonds. The van der Waals surface area contributed by atoms with Crippen LogP contribution < -0.4 is 0 Å². The third-order valence-corrected chi connectivity index (χ3v) is 9.63. The summed E-state index contributed by atoms with van der Waals surface area (Å²) in [6.45, 7) is 10.8. The van der Waals surface area contributed by atoms with E-state index in [1.54, 1.807) is 0 Å². The van der Waals surface area contributed by atoms with Crippen LogP contribution in [0.3, 0.4) is 0 Å². The molecule has 0 rings (SSSR count). The lowest BCUT2D eigenvalue weighted by Crippen LogP contribution is -2.28. The molecule has 0 aliphatic rings. The molecule has 2 unspecified atom stereocenters. The lowest BCUT2D eigenvalue weighted by molar-refractivity contribution is -0.143. The summed E-state index contributed by atoms with van der Waals surface area (Å²) in [6.07, 6.45) is 31.8. The van der Waals surface area contributed by atoms with Crippen molar-refractivity contribution in [3.8, 4) is 0 Å². The van der Waals surface area contributed by atoms with Crippen molar-refractivity contribution >= 4 is 18.1 Å². The number of unbranched alkanes of at least 4 members (excludes halogenated alkanes) is 16. The number of ether oxygens (including phenoxy) is 4. The van der Waals surface area contributed by atoms with Crippen LogP contribution in [0.4, 0.5) is 4.79 Å². The molecule has 8 heteroatoms. The summed E-state index contributed by atoms with van der Waals surface area (Å²) < 4.78 is 22.0. The molecule has 8 nitrogen and oxygen atoms in total. The zero-order valence-corrected chi connectivity index (χ0v) is 34.6. The topological polar surface area (TPSA) is 91.4 Å². The fourth-order valence-corrected chi connectivity index (χ4v) is 6.07. The van der Waals surface area contributed by atoms with E-state index in [9.17, 15) is 14.4 Å². The van der Waals surface area contributed by atoms with Crippen molar-refractivity contribution in [2.45, 2.75) is 188 Å². The van der Waals surface area contributed by atoms with E-state index in [4.69, 9.17) is 18.9 Å². The highest BCUT2D eigenvalue weighted by molar-refractivity contribution is 5.69. The minimum Gasteiger partial charge on any atom is -0.461 e. The number of nitrogens with zero attached hydrogens (tertiary/aromatic N) is 1. The molecule has 0 saturated carbocycles. The highest BCUT2D eigenvalue weighted by Gasteiger charge is 2.19. The van der Waals surface area contributed by atoms with Gasteiger partial charge in [-0.05, 0) is 90.1 Å². The standard InChI is InChI=1S/C44H81NO7/c1-7-9-11-13-15-23-29-35-49-42(46)33-27-21-17-19-25-31-41(52-44(48)51-38-40(4)39(3)37-45(5)6)32-26-20-18-22-28-34-43(47)50-36-30-24-16-14-12-10-8-2/h23-24,29-30,39-41H,7-22,25-28,31-38H2,1-6H3/b29-23-,30-24-. The first-order chi connectivity index (χ1) is 25.2. The smallest absolute Gasteiger partial charge is 0.461 e. The average molecular weight is 736 g/mol. The molecule has 0 fully saturated rings. The van der Waals surface area contributed by atoms with Crippen molar-refractivity contribution in [1.29, 1.82) is 0 Å². The van der Waals surface area contributed by atoms with Gasteiger partial charge in [0.2, 0.25) is 0 Å². The zero-order valence-electron chi connectivity index (χ0n) is 34.6. The Morgan fingerprint density at radius 3 is 1.44 bits per heavy atom. The molecule has 0 bridgehead atoms. The van der Waals surface area contributed by atoms with E-state index < -0.39 is 6.16 Å². The summed E-state index contributed by atoms with van der Waals surface area (Å²) in [5, 5.41) is 0. The maximum atomic E-state index is 12.7. The summed E-state index contributed by atoms with van der Waals surface area (Å²) in [5.41, 5.74) is 0. The maximum absolute atomic E-state index is 12.7. The van der Waals surface area contributed by atoms with Gasteiger partial charge in [-0.1, -0.05) is 129 Å². The van der Waals surface area contributed by atoms with Crippen LogP contribution in [0.1, 0.15) is 182 Å². The Bertz CT molecular complexity index is 851. The molecule has 0 aromatic carbocycles. The van der Waals surface area contributed by atoms with Gasteiger partial charge in [0, 0.05) is 19.4 Å². The molecule has 0 spiro atoms. The molecular formula is C44H81NO7. The van der Waals surface area contributed by atoms with Crippen molar-refractivity contribution in [1.82, 2.24) is 4.90 Å². The second kappa shape index (κ2) is 37.0. The molecule has 0 aromatic heterocycles.